The third-order valence-corrected chi connectivity index (χ3v) is 13.4. The van der Waals surface area contributed by atoms with E-state index in [-0.39, 0.29) is 32.3 Å². The summed E-state index contributed by atoms with van der Waals surface area (Å²) in [5, 5.41) is 0. The van der Waals surface area contributed by atoms with Crippen LogP contribution in [0.4, 0.5) is 0 Å². The third kappa shape index (κ3) is 44.0. The second-order valence-electron chi connectivity index (χ2n) is 21.0. The first-order valence-electron chi connectivity index (χ1n) is 30.7. The molecular weight excluding hydrogens is 939 g/mol. The highest BCUT2D eigenvalue weighted by atomic mass is 16.8. The highest BCUT2D eigenvalue weighted by Gasteiger charge is 2.52. The summed E-state index contributed by atoms with van der Waals surface area (Å²) in [6.07, 6.45) is 59.1. The first-order valence-corrected chi connectivity index (χ1v) is 30.7. The van der Waals surface area contributed by atoms with E-state index in [1.54, 1.807) is 0 Å². The smallest absolute Gasteiger partial charge is 0.308 e. The number of carbonyl (C=O) groups is 4. The van der Waals surface area contributed by atoms with Crippen molar-refractivity contribution < 1.29 is 42.9 Å². The maximum atomic E-state index is 13.5. The molecule has 1 fully saturated rings. The lowest BCUT2D eigenvalue weighted by atomic mass is 10.1. The van der Waals surface area contributed by atoms with Gasteiger partial charge in [0.15, 0.2) is 6.10 Å². The summed E-state index contributed by atoms with van der Waals surface area (Å²) in [5.74, 6) is -1.81. The molecule has 1 rings (SSSR count). The van der Waals surface area contributed by atoms with Gasteiger partial charge in [0.1, 0.15) is 12.7 Å². The van der Waals surface area contributed by atoms with Gasteiger partial charge in [0, 0.05) is 25.7 Å². The first kappa shape index (κ1) is 69.3. The Balaban J connectivity index is 2.86. The van der Waals surface area contributed by atoms with Crippen molar-refractivity contribution >= 4 is 23.9 Å². The topological polar surface area (TPSA) is 118 Å². The number of rotatable bonds is 51. The zero-order chi connectivity index (χ0) is 54.5. The zero-order valence-corrected chi connectivity index (χ0v) is 48.6. The molecule has 0 radical (unpaired) electrons. The highest BCUT2D eigenvalue weighted by Crippen LogP contribution is 2.30. The van der Waals surface area contributed by atoms with Crippen molar-refractivity contribution in [1.82, 2.24) is 4.90 Å². The van der Waals surface area contributed by atoms with Crippen LogP contribution in [0.15, 0.2) is 72.9 Å². The number of carbonyl (C=O) groups excluding carboxylic acids is 4. The minimum Gasteiger partial charge on any atom is -0.463 e. The Morgan fingerprint density at radius 3 is 1.07 bits per heavy atom. The van der Waals surface area contributed by atoms with Gasteiger partial charge in [-0.1, -0.05) is 190 Å². The Bertz CT molecular complexity index is 1560. The summed E-state index contributed by atoms with van der Waals surface area (Å²) >= 11 is 0. The molecule has 75 heavy (non-hydrogen) atoms. The van der Waals surface area contributed by atoms with Crippen molar-refractivity contribution in [3.05, 3.63) is 72.9 Å². The molecule has 1 aliphatic rings. The minimum atomic E-state index is -1.31. The lowest BCUT2D eigenvalue weighted by Crippen LogP contribution is -2.42. The van der Waals surface area contributed by atoms with Crippen LogP contribution < -0.4 is 0 Å². The van der Waals surface area contributed by atoms with Crippen LogP contribution in [0.2, 0.25) is 0 Å². The second kappa shape index (κ2) is 52.3. The number of esters is 4. The van der Waals surface area contributed by atoms with Crippen LogP contribution in [0.5, 0.6) is 0 Å². The average molecular weight is 1050 g/mol. The Morgan fingerprint density at radius 1 is 0.373 bits per heavy atom. The van der Waals surface area contributed by atoms with Gasteiger partial charge >= 0.3 is 23.9 Å². The van der Waals surface area contributed by atoms with Crippen LogP contribution in [-0.4, -0.2) is 80.6 Å². The van der Waals surface area contributed by atoms with Gasteiger partial charge in [-0.05, 0) is 143 Å². The van der Waals surface area contributed by atoms with Crippen LogP contribution in [0, 0.1) is 0 Å². The summed E-state index contributed by atoms with van der Waals surface area (Å²) < 4.78 is 29.9. The van der Waals surface area contributed by atoms with E-state index in [2.05, 4.69) is 93.7 Å². The van der Waals surface area contributed by atoms with Gasteiger partial charge in [-0.15, -0.1) is 0 Å². The SMILES string of the molecule is CCCCC/C=C\C/C=C\CCCCCCCC(=O)OC1[C@@H](COC(=O)CCCN(C)C)O[C@@H](OC(=O)CCCCCCC/C=C\C/C=C\CCCCC)[C@H]1OC(=O)CCCCCCC/C=C\C/C=C\CCCCC. The van der Waals surface area contributed by atoms with Gasteiger partial charge in [-0.2, -0.15) is 0 Å². The number of hydrogen-bond acceptors (Lipinski definition) is 10. The maximum Gasteiger partial charge on any atom is 0.308 e. The summed E-state index contributed by atoms with van der Waals surface area (Å²) in [4.78, 5) is 55.2. The average Bonchev–Trinajstić information content (AvgIpc) is 3.69. The van der Waals surface area contributed by atoms with Gasteiger partial charge in [0.05, 0.1) is 0 Å². The predicted molar refractivity (Wildman–Crippen MR) is 311 cm³/mol. The Morgan fingerprint density at radius 2 is 0.693 bits per heavy atom. The fourth-order valence-electron chi connectivity index (χ4n) is 8.83. The molecule has 0 aliphatic carbocycles. The lowest BCUT2D eigenvalue weighted by Gasteiger charge is -2.24. The molecule has 1 saturated heterocycles. The number of nitrogens with zero attached hydrogens (tertiary/aromatic N) is 1. The van der Waals surface area contributed by atoms with Gasteiger partial charge in [-0.3, -0.25) is 19.2 Å². The van der Waals surface area contributed by atoms with Crippen molar-refractivity contribution in [2.24, 2.45) is 0 Å². The van der Waals surface area contributed by atoms with Gasteiger partial charge in [0.25, 0.3) is 0 Å². The van der Waals surface area contributed by atoms with Gasteiger partial charge in [0.2, 0.25) is 12.4 Å². The number of allylic oxidation sites excluding steroid dienone is 12. The zero-order valence-electron chi connectivity index (χ0n) is 48.6. The molecule has 0 bridgehead atoms. The quantitative estimate of drug-likeness (QED) is 0.0252. The molecule has 1 aliphatic heterocycles. The van der Waals surface area contributed by atoms with Crippen molar-refractivity contribution in [2.45, 2.75) is 289 Å². The molecule has 10 nitrogen and oxygen atoms in total. The molecular formula is C65H111NO9. The van der Waals surface area contributed by atoms with E-state index in [0.717, 1.165) is 141 Å². The Hall–Kier alpha value is -3.76. The molecule has 0 aromatic rings. The summed E-state index contributed by atoms with van der Waals surface area (Å²) in [6.45, 7) is 7.18. The van der Waals surface area contributed by atoms with Crippen LogP contribution in [-0.2, 0) is 42.9 Å². The van der Waals surface area contributed by atoms with Crippen molar-refractivity contribution in [1.29, 1.82) is 0 Å². The molecule has 0 aromatic heterocycles. The van der Waals surface area contributed by atoms with E-state index >= 15 is 0 Å². The standard InChI is InChI=1S/C65H111NO9/c1-6-9-12-15-18-21-24-27-30-33-36-39-42-45-48-52-60(68)73-63-58(57-71-59(67)55-51-56-66(4)5)72-65(75-62(70)54-50-47-44-41-38-35-32-29-26-23-20-17-14-11-8-3)64(63)74-61(69)53-49-46-43-40-37-34-31-28-25-22-19-16-13-10-7-2/h18-23,27-32,58,63-65H,6-17,24-26,33-57H2,1-5H3/b21-18-,22-19-,23-20-,30-27-,31-28-,32-29-/t58-,63?,64+,65+/m1/s1. The number of ether oxygens (including phenoxy) is 5. The fraction of sp³-hybridized carbons (Fsp3) is 0.754. The Labute approximate surface area is 459 Å². The van der Waals surface area contributed by atoms with E-state index in [1.807, 2.05) is 19.0 Å². The Kier molecular flexibility index (Phi) is 48.3. The third-order valence-electron chi connectivity index (χ3n) is 13.4. The van der Waals surface area contributed by atoms with E-state index < -0.39 is 48.5 Å². The summed E-state index contributed by atoms with van der Waals surface area (Å²) in [7, 11) is 3.89. The van der Waals surface area contributed by atoms with Crippen LogP contribution in [0.25, 0.3) is 0 Å². The summed E-state index contributed by atoms with van der Waals surface area (Å²) in [6, 6.07) is 0. The molecule has 0 amide bonds. The molecule has 0 saturated carbocycles. The number of hydrogen-bond donors (Lipinski definition) is 0. The molecule has 0 aromatic carbocycles. The van der Waals surface area contributed by atoms with Crippen molar-refractivity contribution in [3.63, 3.8) is 0 Å². The molecule has 0 spiro atoms. The van der Waals surface area contributed by atoms with E-state index in [0.29, 0.717) is 25.7 Å². The van der Waals surface area contributed by atoms with Crippen molar-refractivity contribution in [3.8, 4) is 0 Å². The molecule has 430 valence electrons. The normalized spacial score (nSPS) is 17.1. The largest absolute Gasteiger partial charge is 0.463 e. The van der Waals surface area contributed by atoms with E-state index in [1.165, 1.54) is 57.8 Å². The predicted octanol–water partition coefficient (Wildman–Crippen LogP) is 17.4. The summed E-state index contributed by atoms with van der Waals surface area (Å²) in [5.41, 5.74) is 0. The second-order valence-corrected chi connectivity index (χ2v) is 21.0. The van der Waals surface area contributed by atoms with Crippen LogP contribution in [0.1, 0.15) is 265 Å². The maximum absolute atomic E-state index is 13.5. The molecule has 10 heteroatoms. The van der Waals surface area contributed by atoms with Gasteiger partial charge < -0.3 is 28.6 Å². The first-order chi connectivity index (χ1) is 36.7. The van der Waals surface area contributed by atoms with Crippen LogP contribution >= 0.6 is 0 Å². The van der Waals surface area contributed by atoms with E-state index in [4.69, 9.17) is 23.7 Å². The van der Waals surface area contributed by atoms with Crippen molar-refractivity contribution in [2.75, 3.05) is 27.2 Å². The minimum absolute atomic E-state index is 0.172. The molecule has 4 atom stereocenters. The molecule has 0 N–H and O–H groups in total. The highest BCUT2D eigenvalue weighted by molar-refractivity contribution is 5.72. The fourth-order valence-corrected chi connectivity index (χ4v) is 8.83. The number of unbranched alkanes of at least 4 members (excludes halogenated alkanes) is 24. The molecule has 1 heterocycles. The lowest BCUT2D eigenvalue weighted by molar-refractivity contribution is -0.200. The molecule has 1 unspecified atom stereocenters. The van der Waals surface area contributed by atoms with E-state index in [9.17, 15) is 19.2 Å². The van der Waals surface area contributed by atoms with Crippen LogP contribution in [0.3, 0.4) is 0 Å². The van der Waals surface area contributed by atoms with Gasteiger partial charge in [-0.25, -0.2) is 0 Å². The monoisotopic (exact) mass is 1050 g/mol.